The third kappa shape index (κ3) is 3.13. The summed E-state index contributed by atoms with van der Waals surface area (Å²) < 4.78 is 5.65. The summed E-state index contributed by atoms with van der Waals surface area (Å²) in [4.78, 5) is 14.7. The van der Waals surface area contributed by atoms with E-state index in [2.05, 4.69) is 26.8 Å². The zero-order chi connectivity index (χ0) is 16.6. The fourth-order valence-corrected chi connectivity index (χ4v) is 3.54. The minimum atomic E-state index is 0.160. The smallest absolute Gasteiger partial charge is 0.227 e. The van der Waals surface area contributed by atoms with Crippen molar-refractivity contribution < 1.29 is 9.21 Å². The molecule has 2 N–H and O–H groups in total. The first kappa shape index (κ1) is 16.1. The van der Waals surface area contributed by atoms with Crippen molar-refractivity contribution in [2.75, 3.05) is 13.1 Å². The predicted molar refractivity (Wildman–Crippen MR) is 92.3 cm³/mol. The van der Waals surface area contributed by atoms with E-state index in [-0.39, 0.29) is 11.9 Å². The lowest BCUT2D eigenvalue weighted by atomic mass is 9.92. The molecule has 0 saturated carbocycles. The molecule has 2 heterocycles. The molecule has 4 nitrogen and oxygen atoms in total. The molecule has 1 aliphatic rings. The van der Waals surface area contributed by atoms with Crippen molar-refractivity contribution in [3.05, 3.63) is 35.1 Å². The molecule has 0 radical (unpaired) electrons. The third-order valence-corrected chi connectivity index (χ3v) is 5.18. The number of nitrogens with zero attached hydrogens (tertiary/aromatic N) is 1. The Morgan fingerprint density at radius 2 is 2.09 bits per heavy atom. The Morgan fingerprint density at radius 3 is 2.83 bits per heavy atom. The molecule has 1 amide bonds. The summed E-state index contributed by atoms with van der Waals surface area (Å²) in [5.74, 6) is 0.807. The fraction of sp³-hybridized carbons (Fsp3) is 0.526. The number of hydrogen-bond donors (Lipinski definition) is 1. The summed E-state index contributed by atoms with van der Waals surface area (Å²) in [6.07, 6.45) is 4.19. The first-order valence-corrected chi connectivity index (χ1v) is 8.46. The van der Waals surface area contributed by atoms with Gasteiger partial charge in [-0.2, -0.15) is 0 Å². The van der Waals surface area contributed by atoms with Crippen LogP contribution < -0.4 is 5.73 Å². The number of fused-ring (bicyclic) bond motifs is 1. The van der Waals surface area contributed by atoms with Gasteiger partial charge in [-0.05, 0) is 55.9 Å². The highest BCUT2D eigenvalue weighted by Crippen LogP contribution is 2.27. The molecule has 23 heavy (non-hydrogen) atoms. The summed E-state index contributed by atoms with van der Waals surface area (Å²) in [6, 6.07) is 4.34. The van der Waals surface area contributed by atoms with Crippen LogP contribution in [0.15, 0.2) is 22.8 Å². The lowest BCUT2D eigenvalue weighted by Gasteiger charge is -2.38. The van der Waals surface area contributed by atoms with Gasteiger partial charge in [-0.3, -0.25) is 4.79 Å². The van der Waals surface area contributed by atoms with Gasteiger partial charge in [-0.25, -0.2) is 0 Å². The van der Waals surface area contributed by atoms with Gasteiger partial charge < -0.3 is 15.1 Å². The Hall–Kier alpha value is -1.81. The summed E-state index contributed by atoms with van der Waals surface area (Å²) in [5.41, 5.74) is 10.1. The van der Waals surface area contributed by atoms with Crippen LogP contribution in [0.25, 0.3) is 11.0 Å². The number of aryl methyl sites for hydroxylation is 2. The molecule has 0 spiro atoms. The first-order valence-electron chi connectivity index (χ1n) is 8.46. The molecule has 4 heteroatoms. The Balaban J connectivity index is 1.81. The number of hydrogen-bond acceptors (Lipinski definition) is 3. The van der Waals surface area contributed by atoms with E-state index in [1.54, 1.807) is 6.26 Å². The minimum Gasteiger partial charge on any atom is -0.464 e. The van der Waals surface area contributed by atoms with Crippen molar-refractivity contribution in [3.63, 3.8) is 0 Å². The van der Waals surface area contributed by atoms with Crippen molar-refractivity contribution >= 4 is 16.9 Å². The lowest BCUT2D eigenvalue weighted by Crippen LogP contribution is -2.49. The number of piperidine rings is 1. The van der Waals surface area contributed by atoms with Crippen LogP contribution in [-0.4, -0.2) is 29.9 Å². The Morgan fingerprint density at radius 1 is 1.35 bits per heavy atom. The van der Waals surface area contributed by atoms with Gasteiger partial charge in [0.15, 0.2) is 0 Å². The number of carbonyl (C=O) groups is 1. The van der Waals surface area contributed by atoms with E-state index in [0.717, 1.165) is 35.9 Å². The molecule has 0 bridgehead atoms. The van der Waals surface area contributed by atoms with Gasteiger partial charge in [0.2, 0.25) is 5.91 Å². The van der Waals surface area contributed by atoms with Crippen molar-refractivity contribution in [1.29, 1.82) is 0 Å². The summed E-state index contributed by atoms with van der Waals surface area (Å²) in [5, 5.41) is 1.05. The van der Waals surface area contributed by atoms with Crippen LogP contribution >= 0.6 is 0 Å². The Bertz CT molecular complexity index is 719. The molecule has 1 aromatic heterocycles. The second kappa shape index (κ2) is 6.36. The average molecular weight is 314 g/mol. The van der Waals surface area contributed by atoms with Crippen molar-refractivity contribution in [2.24, 2.45) is 11.7 Å². The molecule has 3 rings (SSSR count). The molecule has 1 saturated heterocycles. The number of amides is 1. The van der Waals surface area contributed by atoms with Crippen LogP contribution in [-0.2, 0) is 11.2 Å². The standard InChI is InChI=1S/C19H26N2O2/c1-12-4-5-21(16(6-12)10-20)19(22)9-15-11-23-18-8-14(3)13(2)7-17(15)18/h7-8,11-12,16H,4-6,9-10,20H2,1-3H3. The number of likely N-dealkylation sites (tertiary alicyclic amines) is 1. The van der Waals surface area contributed by atoms with Gasteiger partial charge in [-0.1, -0.05) is 6.92 Å². The molecule has 1 aromatic carbocycles. The quantitative estimate of drug-likeness (QED) is 0.946. The van der Waals surface area contributed by atoms with E-state index in [0.29, 0.717) is 18.9 Å². The predicted octanol–water partition coefficient (Wildman–Crippen LogP) is 3.18. The van der Waals surface area contributed by atoms with Gasteiger partial charge >= 0.3 is 0 Å². The molecule has 0 aliphatic carbocycles. The molecule has 1 fully saturated rings. The number of rotatable bonds is 3. The summed E-state index contributed by atoms with van der Waals surface area (Å²) in [7, 11) is 0. The molecule has 1 aliphatic heterocycles. The van der Waals surface area contributed by atoms with Crippen molar-refractivity contribution in [3.8, 4) is 0 Å². The fourth-order valence-electron chi connectivity index (χ4n) is 3.54. The maximum absolute atomic E-state index is 12.8. The number of nitrogens with two attached hydrogens (primary N) is 1. The molecule has 2 aromatic rings. The zero-order valence-corrected chi connectivity index (χ0v) is 14.3. The highest BCUT2D eigenvalue weighted by atomic mass is 16.3. The van der Waals surface area contributed by atoms with Gasteiger partial charge in [-0.15, -0.1) is 0 Å². The lowest BCUT2D eigenvalue weighted by molar-refractivity contribution is -0.134. The molecular formula is C19H26N2O2. The largest absolute Gasteiger partial charge is 0.464 e. The van der Waals surface area contributed by atoms with Crippen LogP contribution in [0.2, 0.25) is 0 Å². The minimum absolute atomic E-state index is 0.160. The van der Waals surface area contributed by atoms with Crippen molar-refractivity contribution in [2.45, 2.75) is 46.1 Å². The van der Waals surface area contributed by atoms with Crippen LogP contribution in [0.1, 0.15) is 36.5 Å². The summed E-state index contributed by atoms with van der Waals surface area (Å²) in [6.45, 7) is 7.75. The SMILES string of the molecule is Cc1cc2occ(CC(=O)N3CCC(C)CC3CN)c2cc1C. The maximum Gasteiger partial charge on any atom is 0.227 e. The van der Waals surface area contributed by atoms with E-state index in [9.17, 15) is 4.79 Å². The number of carbonyl (C=O) groups excluding carboxylic acids is 1. The Kier molecular flexibility index (Phi) is 4.44. The zero-order valence-electron chi connectivity index (χ0n) is 14.3. The van der Waals surface area contributed by atoms with E-state index >= 15 is 0 Å². The Labute approximate surface area is 137 Å². The second-order valence-electron chi connectivity index (χ2n) is 6.98. The van der Waals surface area contributed by atoms with Crippen LogP contribution in [0, 0.1) is 19.8 Å². The van der Waals surface area contributed by atoms with E-state index < -0.39 is 0 Å². The molecule has 124 valence electrons. The first-order chi connectivity index (χ1) is 11.0. The van der Waals surface area contributed by atoms with Gasteiger partial charge in [0.25, 0.3) is 0 Å². The topological polar surface area (TPSA) is 59.5 Å². The molecular weight excluding hydrogens is 288 g/mol. The van der Waals surface area contributed by atoms with E-state index in [4.69, 9.17) is 10.2 Å². The third-order valence-electron chi connectivity index (χ3n) is 5.18. The van der Waals surface area contributed by atoms with Gasteiger partial charge in [0, 0.05) is 30.1 Å². The number of benzene rings is 1. The highest BCUT2D eigenvalue weighted by Gasteiger charge is 2.29. The summed E-state index contributed by atoms with van der Waals surface area (Å²) >= 11 is 0. The van der Waals surface area contributed by atoms with Crippen molar-refractivity contribution in [1.82, 2.24) is 4.90 Å². The highest BCUT2D eigenvalue weighted by molar-refractivity contribution is 5.88. The maximum atomic E-state index is 12.8. The van der Waals surface area contributed by atoms with E-state index in [1.165, 1.54) is 11.1 Å². The molecule has 2 atom stereocenters. The van der Waals surface area contributed by atoms with Crippen LogP contribution in [0.5, 0.6) is 0 Å². The van der Waals surface area contributed by atoms with Crippen LogP contribution in [0.4, 0.5) is 0 Å². The normalized spacial score (nSPS) is 21.8. The van der Waals surface area contributed by atoms with Crippen LogP contribution in [0.3, 0.4) is 0 Å². The van der Waals surface area contributed by atoms with Gasteiger partial charge in [0.1, 0.15) is 5.58 Å². The van der Waals surface area contributed by atoms with E-state index in [1.807, 2.05) is 11.0 Å². The second-order valence-corrected chi connectivity index (χ2v) is 6.98. The molecule has 2 unspecified atom stereocenters. The van der Waals surface area contributed by atoms with Gasteiger partial charge in [0.05, 0.1) is 12.7 Å². The number of furan rings is 1. The monoisotopic (exact) mass is 314 g/mol. The average Bonchev–Trinajstić information content (AvgIpc) is 2.89.